The monoisotopic (exact) mass is 268 g/mol. The molecule has 19 heavy (non-hydrogen) atoms. The highest BCUT2D eigenvalue weighted by Gasteiger charge is 2.11. The fourth-order valence-electron chi connectivity index (χ4n) is 2.28. The third-order valence-corrected chi connectivity index (χ3v) is 3.43. The Morgan fingerprint density at radius 1 is 1.00 bits per heavy atom. The first-order valence-corrected chi connectivity index (χ1v) is 6.35. The van der Waals surface area contributed by atoms with Gasteiger partial charge in [-0.1, -0.05) is 23.2 Å². The van der Waals surface area contributed by atoms with E-state index in [0.29, 0.717) is 10.7 Å². The Morgan fingerprint density at radius 3 is 2.79 bits per heavy atom. The van der Waals surface area contributed by atoms with E-state index in [4.69, 9.17) is 16.0 Å². The largest absolute Gasteiger partial charge is 0.436 e. The van der Waals surface area contributed by atoms with E-state index in [1.54, 1.807) is 6.07 Å². The average Bonchev–Trinajstić information content (AvgIpc) is 2.73. The zero-order valence-corrected chi connectivity index (χ0v) is 10.9. The standard InChI is InChI=1S/C15H9ClN2O/c1-8-2-5-13-10(6-8)14-15(19-13)18-11-4-3-9(16)7-12(11)17-14/h2-7H,1H3. The van der Waals surface area contributed by atoms with Gasteiger partial charge in [-0.05, 0) is 37.3 Å². The summed E-state index contributed by atoms with van der Waals surface area (Å²) in [4.78, 5) is 9.12. The summed E-state index contributed by atoms with van der Waals surface area (Å²) in [5, 5.41) is 1.65. The number of benzene rings is 2. The van der Waals surface area contributed by atoms with Crippen molar-refractivity contribution in [3.8, 4) is 0 Å². The predicted octanol–water partition coefficient (Wildman–Crippen LogP) is 4.49. The summed E-state index contributed by atoms with van der Waals surface area (Å²) in [7, 11) is 0. The molecule has 0 aliphatic carbocycles. The second kappa shape index (κ2) is 3.68. The van der Waals surface area contributed by atoms with Gasteiger partial charge in [-0.15, -0.1) is 0 Å². The number of nitrogens with zero attached hydrogens (tertiary/aromatic N) is 2. The van der Waals surface area contributed by atoms with Gasteiger partial charge in [0.05, 0.1) is 11.0 Å². The van der Waals surface area contributed by atoms with Crippen molar-refractivity contribution in [2.45, 2.75) is 6.92 Å². The first-order valence-electron chi connectivity index (χ1n) is 5.97. The van der Waals surface area contributed by atoms with Crippen LogP contribution >= 0.6 is 11.6 Å². The molecule has 0 atom stereocenters. The molecular formula is C15H9ClN2O. The molecule has 0 saturated heterocycles. The lowest BCUT2D eigenvalue weighted by Crippen LogP contribution is -1.84. The maximum absolute atomic E-state index is 6.00. The van der Waals surface area contributed by atoms with Crippen molar-refractivity contribution in [3.63, 3.8) is 0 Å². The summed E-state index contributed by atoms with van der Waals surface area (Å²) in [6.07, 6.45) is 0. The van der Waals surface area contributed by atoms with Crippen molar-refractivity contribution in [1.82, 2.24) is 9.97 Å². The topological polar surface area (TPSA) is 38.9 Å². The van der Waals surface area contributed by atoms with Gasteiger partial charge in [-0.3, -0.25) is 0 Å². The number of aryl methyl sites for hydroxylation is 1. The van der Waals surface area contributed by atoms with Crippen LogP contribution in [0.25, 0.3) is 33.2 Å². The molecule has 2 heterocycles. The number of fused-ring (bicyclic) bond motifs is 4. The molecule has 4 aromatic rings. The van der Waals surface area contributed by atoms with Gasteiger partial charge in [0.1, 0.15) is 11.1 Å². The van der Waals surface area contributed by atoms with Gasteiger partial charge in [0.2, 0.25) is 5.71 Å². The van der Waals surface area contributed by atoms with E-state index < -0.39 is 0 Å². The number of hydrogen-bond acceptors (Lipinski definition) is 3. The smallest absolute Gasteiger partial charge is 0.246 e. The average molecular weight is 269 g/mol. The molecule has 3 nitrogen and oxygen atoms in total. The minimum Gasteiger partial charge on any atom is -0.436 e. The van der Waals surface area contributed by atoms with Crippen molar-refractivity contribution in [1.29, 1.82) is 0 Å². The molecule has 0 amide bonds. The van der Waals surface area contributed by atoms with E-state index in [0.717, 1.165) is 27.5 Å². The maximum Gasteiger partial charge on any atom is 0.246 e. The zero-order valence-electron chi connectivity index (χ0n) is 10.1. The minimum absolute atomic E-state index is 0.565. The molecule has 0 aliphatic rings. The Kier molecular flexibility index (Phi) is 2.09. The highest BCUT2D eigenvalue weighted by molar-refractivity contribution is 6.31. The van der Waals surface area contributed by atoms with Crippen molar-refractivity contribution in [2.75, 3.05) is 0 Å². The van der Waals surface area contributed by atoms with Crippen LogP contribution < -0.4 is 0 Å². The fourth-order valence-corrected chi connectivity index (χ4v) is 2.45. The third-order valence-electron chi connectivity index (χ3n) is 3.19. The number of aromatic nitrogens is 2. The first-order chi connectivity index (χ1) is 9.20. The Balaban J connectivity index is 2.21. The van der Waals surface area contributed by atoms with E-state index in [1.807, 2.05) is 31.2 Å². The van der Waals surface area contributed by atoms with Gasteiger partial charge in [0, 0.05) is 10.4 Å². The highest BCUT2D eigenvalue weighted by atomic mass is 35.5. The normalized spacial score (nSPS) is 11.7. The van der Waals surface area contributed by atoms with Gasteiger partial charge in [0.25, 0.3) is 0 Å². The summed E-state index contributed by atoms with van der Waals surface area (Å²) in [5.74, 6) is 0. The summed E-state index contributed by atoms with van der Waals surface area (Å²) in [6.45, 7) is 2.05. The summed E-state index contributed by atoms with van der Waals surface area (Å²) < 4.78 is 5.74. The van der Waals surface area contributed by atoms with Gasteiger partial charge in [-0.2, -0.15) is 0 Å². The Labute approximate surface area is 113 Å². The molecule has 0 aliphatic heterocycles. The minimum atomic E-state index is 0.565. The van der Waals surface area contributed by atoms with Crippen molar-refractivity contribution < 1.29 is 4.42 Å². The number of hydrogen-bond donors (Lipinski definition) is 0. The number of rotatable bonds is 0. The van der Waals surface area contributed by atoms with Crippen LogP contribution in [0.3, 0.4) is 0 Å². The summed E-state index contributed by atoms with van der Waals surface area (Å²) >= 11 is 6.00. The molecule has 2 aromatic carbocycles. The van der Waals surface area contributed by atoms with Crippen LogP contribution in [0.15, 0.2) is 40.8 Å². The second-order valence-electron chi connectivity index (χ2n) is 4.61. The molecule has 0 spiro atoms. The van der Waals surface area contributed by atoms with Crippen LogP contribution in [0.1, 0.15) is 5.56 Å². The van der Waals surface area contributed by atoms with Crippen LogP contribution in [0.4, 0.5) is 0 Å². The van der Waals surface area contributed by atoms with Crippen LogP contribution in [0.5, 0.6) is 0 Å². The van der Waals surface area contributed by atoms with E-state index >= 15 is 0 Å². The lowest BCUT2D eigenvalue weighted by atomic mass is 10.2. The lowest BCUT2D eigenvalue weighted by Gasteiger charge is -1.97. The molecule has 0 radical (unpaired) electrons. The highest BCUT2D eigenvalue weighted by Crippen LogP contribution is 2.29. The van der Waals surface area contributed by atoms with E-state index in [-0.39, 0.29) is 0 Å². The molecule has 0 fully saturated rings. The molecule has 4 rings (SSSR count). The molecule has 0 saturated carbocycles. The quantitative estimate of drug-likeness (QED) is 0.472. The lowest BCUT2D eigenvalue weighted by molar-refractivity contribution is 0.655. The van der Waals surface area contributed by atoms with Gasteiger partial charge in [0.15, 0.2) is 0 Å². The predicted molar refractivity (Wildman–Crippen MR) is 76.6 cm³/mol. The van der Waals surface area contributed by atoms with Crippen molar-refractivity contribution >= 4 is 44.8 Å². The van der Waals surface area contributed by atoms with E-state index in [1.165, 1.54) is 5.56 Å². The fraction of sp³-hybridized carbons (Fsp3) is 0.0667. The molecule has 2 aromatic heterocycles. The third kappa shape index (κ3) is 1.59. The number of furan rings is 1. The van der Waals surface area contributed by atoms with Crippen LogP contribution in [-0.4, -0.2) is 9.97 Å². The maximum atomic E-state index is 6.00. The van der Waals surface area contributed by atoms with Crippen molar-refractivity contribution in [2.24, 2.45) is 0 Å². The molecular weight excluding hydrogens is 260 g/mol. The number of halogens is 1. The van der Waals surface area contributed by atoms with Crippen LogP contribution in [0.2, 0.25) is 5.02 Å². The van der Waals surface area contributed by atoms with Crippen LogP contribution in [-0.2, 0) is 0 Å². The summed E-state index contributed by atoms with van der Waals surface area (Å²) in [5.41, 5.74) is 4.89. The molecule has 0 N–H and O–H groups in total. The molecule has 92 valence electrons. The van der Waals surface area contributed by atoms with Gasteiger partial charge < -0.3 is 4.42 Å². The second-order valence-corrected chi connectivity index (χ2v) is 5.05. The Bertz CT molecular complexity index is 937. The van der Waals surface area contributed by atoms with Crippen LogP contribution in [0, 0.1) is 6.92 Å². The Morgan fingerprint density at radius 2 is 1.89 bits per heavy atom. The zero-order chi connectivity index (χ0) is 13.0. The summed E-state index contributed by atoms with van der Waals surface area (Å²) in [6, 6.07) is 11.5. The first kappa shape index (κ1) is 10.8. The van der Waals surface area contributed by atoms with E-state index in [9.17, 15) is 0 Å². The molecule has 0 unspecified atom stereocenters. The molecule has 0 bridgehead atoms. The van der Waals surface area contributed by atoms with Crippen molar-refractivity contribution in [3.05, 3.63) is 47.0 Å². The van der Waals surface area contributed by atoms with Gasteiger partial charge in [-0.25, -0.2) is 9.97 Å². The SMILES string of the molecule is Cc1ccc2oc3nc4ccc(Cl)cc4nc3c2c1. The molecule has 4 heteroatoms. The Hall–Kier alpha value is -2.13. The van der Waals surface area contributed by atoms with Gasteiger partial charge >= 0.3 is 0 Å². The van der Waals surface area contributed by atoms with E-state index in [2.05, 4.69) is 16.0 Å².